The number of pyridine rings is 1. The van der Waals surface area contributed by atoms with Gasteiger partial charge in [-0.2, -0.15) is 0 Å². The van der Waals surface area contributed by atoms with Crippen molar-refractivity contribution in [2.45, 2.75) is 49.8 Å². The Labute approximate surface area is 161 Å². The molecule has 7 heteroatoms. The maximum atomic E-state index is 12.5. The predicted octanol–water partition coefficient (Wildman–Crippen LogP) is 3.07. The summed E-state index contributed by atoms with van der Waals surface area (Å²) in [6, 6.07) is 6.47. The predicted molar refractivity (Wildman–Crippen MR) is 109 cm³/mol. The topological polar surface area (TPSA) is 65.2 Å². The first-order chi connectivity index (χ1) is 12.5. The van der Waals surface area contributed by atoms with Crippen LogP contribution in [0.1, 0.15) is 37.4 Å². The molecule has 26 heavy (non-hydrogen) atoms. The molecule has 2 N–H and O–H groups in total. The van der Waals surface area contributed by atoms with Gasteiger partial charge in [0.1, 0.15) is 15.2 Å². The molecule has 0 aromatic carbocycles. The summed E-state index contributed by atoms with van der Waals surface area (Å²) >= 11 is 1.52. The van der Waals surface area contributed by atoms with E-state index in [1.54, 1.807) is 0 Å². The van der Waals surface area contributed by atoms with Crippen molar-refractivity contribution in [3.63, 3.8) is 0 Å². The van der Waals surface area contributed by atoms with Crippen LogP contribution in [0.5, 0.6) is 0 Å². The molecule has 1 fully saturated rings. The highest BCUT2D eigenvalue weighted by atomic mass is 32.2. The standard InChI is InChI=1S/C19H27N3O2S2/c1-4-14-12-16(13(2)21-19(14)23)17-7-8-18(25-17)26(24)20-10-9-15-6-5-11-22(15)3/h7-8,12,15,20H,4-6,9-11H2,1-3H3,(H,21,23). The van der Waals surface area contributed by atoms with E-state index in [2.05, 4.69) is 21.7 Å². The van der Waals surface area contributed by atoms with Crippen LogP contribution in [-0.4, -0.2) is 40.3 Å². The Hall–Kier alpha value is -1.28. The Morgan fingerprint density at radius 3 is 2.92 bits per heavy atom. The van der Waals surface area contributed by atoms with E-state index in [-0.39, 0.29) is 5.56 Å². The van der Waals surface area contributed by atoms with E-state index in [1.165, 1.54) is 30.7 Å². The Morgan fingerprint density at radius 2 is 2.23 bits per heavy atom. The van der Waals surface area contributed by atoms with E-state index in [1.807, 2.05) is 32.0 Å². The molecule has 0 spiro atoms. The average molecular weight is 394 g/mol. The Morgan fingerprint density at radius 1 is 1.42 bits per heavy atom. The number of nitrogens with one attached hydrogen (secondary N) is 2. The summed E-state index contributed by atoms with van der Waals surface area (Å²) < 4.78 is 16.5. The summed E-state index contributed by atoms with van der Waals surface area (Å²) in [5.41, 5.74) is 2.62. The highest BCUT2D eigenvalue weighted by Crippen LogP contribution is 2.31. The molecule has 5 nitrogen and oxygen atoms in total. The van der Waals surface area contributed by atoms with Crippen molar-refractivity contribution in [2.75, 3.05) is 20.1 Å². The molecule has 3 rings (SSSR count). The zero-order valence-corrected chi connectivity index (χ0v) is 17.3. The van der Waals surface area contributed by atoms with Gasteiger partial charge in [0.25, 0.3) is 5.56 Å². The van der Waals surface area contributed by atoms with E-state index in [0.29, 0.717) is 12.5 Å². The van der Waals surface area contributed by atoms with Gasteiger partial charge in [-0.15, -0.1) is 11.3 Å². The minimum atomic E-state index is -1.19. The third kappa shape index (κ3) is 4.34. The lowest BCUT2D eigenvalue weighted by Crippen LogP contribution is -2.29. The monoisotopic (exact) mass is 393 g/mol. The molecule has 1 aliphatic heterocycles. The first-order valence-electron chi connectivity index (χ1n) is 9.18. The second-order valence-corrected chi connectivity index (χ2v) is 9.47. The fourth-order valence-corrected chi connectivity index (χ4v) is 5.68. The molecule has 0 saturated carbocycles. The molecular formula is C19H27N3O2S2. The van der Waals surface area contributed by atoms with Crippen LogP contribution in [0.4, 0.5) is 0 Å². The molecule has 142 valence electrons. The van der Waals surface area contributed by atoms with Crippen molar-refractivity contribution in [2.24, 2.45) is 0 Å². The van der Waals surface area contributed by atoms with Gasteiger partial charge < -0.3 is 9.88 Å². The molecule has 2 atom stereocenters. The summed E-state index contributed by atoms with van der Waals surface area (Å²) in [6.07, 6.45) is 4.22. The van der Waals surface area contributed by atoms with Crippen LogP contribution in [0, 0.1) is 6.92 Å². The molecule has 0 bridgehead atoms. The molecule has 0 aliphatic carbocycles. The summed E-state index contributed by atoms with van der Waals surface area (Å²) in [4.78, 5) is 18.2. The van der Waals surface area contributed by atoms with Crippen LogP contribution in [0.25, 0.3) is 10.4 Å². The third-order valence-electron chi connectivity index (χ3n) is 5.11. The van der Waals surface area contributed by atoms with E-state index >= 15 is 0 Å². The number of H-pyrrole nitrogens is 1. The van der Waals surface area contributed by atoms with Gasteiger partial charge in [0.2, 0.25) is 0 Å². The maximum absolute atomic E-state index is 12.5. The van der Waals surface area contributed by atoms with Crippen LogP contribution >= 0.6 is 11.3 Å². The average Bonchev–Trinajstić information content (AvgIpc) is 3.25. The fourth-order valence-electron chi connectivity index (χ4n) is 3.48. The lowest BCUT2D eigenvalue weighted by Gasteiger charge is -2.18. The van der Waals surface area contributed by atoms with E-state index in [9.17, 15) is 9.00 Å². The van der Waals surface area contributed by atoms with Gasteiger partial charge in [0, 0.05) is 34.3 Å². The van der Waals surface area contributed by atoms with Gasteiger partial charge in [0.05, 0.1) is 0 Å². The van der Waals surface area contributed by atoms with Crippen molar-refractivity contribution in [1.82, 2.24) is 14.6 Å². The second-order valence-electron chi connectivity index (χ2n) is 6.86. The van der Waals surface area contributed by atoms with E-state index in [4.69, 9.17) is 0 Å². The normalized spacial score (nSPS) is 19.1. The maximum Gasteiger partial charge on any atom is 0.251 e. The van der Waals surface area contributed by atoms with Crippen LogP contribution in [-0.2, 0) is 17.4 Å². The van der Waals surface area contributed by atoms with Gasteiger partial charge >= 0.3 is 0 Å². The Balaban J connectivity index is 1.66. The smallest absolute Gasteiger partial charge is 0.251 e. The Bertz CT molecular complexity index is 844. The molecule has 0 amide bonds. The highest BCUT2D eigenvalue weighted by Gasteiger charge is 2.20. The summed E-state index contributed by atoms with van der Waals surface area (Å²) in [6.45, 7) is 5.81. The molecule has 3 heterocycles. The first kappa shape index (κ1) is 19.5. The number of hydrogen-bond acceptors (Lipinski definition) is 4. The van der Waals surface area contributed by atoms with Gasteiger partial charge in [-0.1, -0.05) is 6.92 Å². The van der Waals surface area contributed by atoms with Crippen molar-refractivity contribution in [3.05, 3.63) is 39.8 Å². The fraction of sp³-hybridized carbons (Fsp3) is 0.526. The zero-order valence-electron chi connectivity index (χ0n) is 15.6. The van der Waals surface area contributed by atoms with Crippen LogP contribution in [0.2, 0.25) is 0 Å². The number of aromatic nitrogens is 1. The number of rotatable bonds is 7. The first-order valence-corrected chi connectivity index (χ1v) is 11.1. The molecular weight excluding hydrogens is 366 g/mol. The molecule has 2 unspecified atom stereocenters. The minimum absolute atomic E-state index is 0.0207. The largest absolute Gasteiger partial charge is 0.326 e. The number of thiophene rings is 1. The van der Waals surface area contributed by atoms with Crippen LogP contribution < -0.4 is 10.3 Å². The second kappa shape index (κ2) is 8.61. The molecule has 2 aromatic rings. The SMILES string of the molecule is CCc1cc(-c2ccc(S(=O)NCCC3CCCN3C)s2)c(C)[nH]c1=O. The minimum Gasteiger partial charge on any atom is -0.326 e. The summed E-state index contributed by atoms with van der Waals surface area (Å²) in [7, 11) is 0.976. The van der Waals surface area contributed by atoms with Gasteiger partial charge in [-0.3, -0.25) is 4.79 Å². The van der Waals surface area contributed by atoms with E-state index in [0.717, 1.165) is 38.9 Å². The molecule has 0 radical (unpaired) electrons. The quantitative estimate of drug-likeness (QED) is 0.760. The van der Waals surface area contributed by atoms with Crippen molar-refractivity contribution < 1.29 is 4.21 Å². The van der Waals surface area contributed by atoms with Crippen LogP contribution in [0.15, 0.2) is 27.2 Å². The number of nitrogens with zero attached hydrogens (tertiary/aromatic N) is 1. The summed E-state index contributed by atoms with van der Waals surface area (Å²) in [5.74, 6) is 0. The molecule has 1 aliphatic rings. The lowest BCUT2D eigenvalue weighted by molar-refractivity contribution is 0.297. The number of likely N-dealkylation sites (tertiary alicyclic amines) is 1. The number of aryl methyl sites for hydroxylation is 2. The van der Waals surface area contributed by atoms with Crippen molar-refractivity contribution in [1.29, 1.82) is 0 Å². The molecule has 2 aromatic heterocycles. The van der Waals surface area contributed by atoms with Crippen molar-refractivity contribution in [3.8, 4) is 10.4 Å². The summed E-state index contributed by atoms with van der Waals surface area (Å²) in [5, 5.41) is 0. The zero-order chi connectivity index (χ0) is 18.7. The number of aromatic amines is 1. The van der Waals surface area contributed by atoms with Gasteiger partial charge in [-0.25, -0.2) is 8.93 Å². The van der Waals surface area contributed by atoms with E-state index < -0.39 is 11.0 Å². The molecule has 1 saturated heterocycles. The Kier molecular flexibility index (Phi) is 6.45. The van der Waals surface area contributed by atoms with Crippen LogP contribution in [0.3, 0.4) is 0 Å². The highest BCUT2D eigenvalue weighted by molar-refractivity contribution is 7.85. The third-order valence-corrected chi connectivity index (χ3v) is 7.69. The van der Waals surface area contributed by atoms with Gasteiger partial charge in [-0.05, 0) is 64.4 Å². The lowest BCUT2D eigenvalue weighted by atomic mass is 10.1. The number of hydrogen-bond donors (Lipinski definition) is 2. The van der Waals surface area contributed by atoms with Crippen molar-refractivity contribution >= 4 is 22.3 Å². The van der Waals surface area contributed by atoms with Gasteiger partial charge in [0.15, 0.2) is 0 Å².